The van der Waals surface area contributed by atoms with E-state index >= 15 is 0 Å². The predicted octanol–water partition coefficient (Wildman–Crippen LogP) is 2.82. The van der Waals surface area contributed by atoms with Crippen LogP contribution in [0.25, 0.3) is 0 Å². The monoisotopic (exact) mass is 288 g/mol. The molecule has 0 aromatic carbocycles. The summed E-state index contributed by atoms with van der Waals surface area (Å²) in [6, 6.07) is -4.96. The normalized spacial score (nSPS) is 49.2. The highest BCUT2D eigenvalue weighted by Crippen LogP contribution is 2.74. The van der Waals surface area contributed by atoms with Crippen molar-refractivity contribution in [2.24, 2.45) is 21.7 Å². The van der Waals surface area contributed by atoms with Gasteiger partial charge < -0.3 is 0 Å². The Bertz CT molecular complexity index is 460. The minimum Gasteiger partial charge on any atom is -0.261 e. The van der Waals surface area contributed by atoms with Crippen molar-refractivity contribution < 1.29 is 27.6 Å². The van der Waals surface area contributed by atoms with Crippen LogP contribution in [0.15, 0.2) is 0 Å². The fraction of sp³-hybridized carbons (Fsp3) is 0.786. The lowest BCUT2D eigenvalue weighted by molar-refractivity contribution is -0.214. The van der Waals surface area contributed by atoms with E-state index in [2.05, 4.69) is 0 Å². The molecular weight excluding hydrogens is 273 g/mol. The molecule has 0 amide bonds. The lowest BCUT2D eigenvalue weighted by Gasteiger charge is -2.65. The van der Waals surface area contributed by atoms with E-state index in [-0.39, 0.29) is 38.5 Å². The van der Waals surface area contributed by atoms with Gasteiger partial charge in [0.05, 0.1) is 16.2 Å². The first-order valence-corrected chi connectivity index (χ1v) is 6.67. The Kier molecular flexibility index (Phi) is 2.42. The molecule has 0 unspecified atom stereocenters. The van der Waals surface area contributed by atoms with Crippen LogP contribution in [-0.4, -0.2) is 18.1 Å². The van der Waals surface area contributed by atoms with Gasteiger partial charge in [-0.25, -0.2) is 0 Å². The van der Waals surface area contributed by atoms with Gasteiger partial charge >= 0.3 is 18.1 Å². The Morgan fingerprint density at radius 1 is 0.650 bits per heavy atom. The summed E-state index contributed by atoms with van der Waals surface area (Å²) >= 11 is 0. The molecule has 0 aliphatic heterocycles. The highest BCUT2D eigenvalue weighted by Gasteiger charge is 2.73. The maximum Gasteiger partial charge on any atom is 0.307 e. The highest BCUT2D eigenvalue weighted by molar-refractivity contribution is 5.86. The van der Waals surface area contributed by atoms with E-state index in [1.807, 2.05) is 0 Å². The molecule has 0 aromatic rings. The largest absolute Gasteiger partial charge is 0.307 e. The van der Waals surface area contributed by atoms with Crippen molar-refractivity contribution in [3.63, 3.8) is 0 Å². The summed E-state index contributed by atoms with van der Waals surface area (Å²) in [5.74, 6) is 0. The van der Waals surface area contributed by atoms with Crippen LogP contribution in [0.3, 0.4) is 0 Å². The standard InChI is InChI=1S/C14H15F3O3/c1-11-2-12(8(15)18)5-13(3-11,9(16)19)7-14(4-11,6-12)10(17)20/h2-7H2,1H3. The fourth-order valence-corrected chi connectivity index (χ4v) is 5.77. The number of halogens is 3. The molecule has 0 N–H and O–H groups in total. The smallest absolute Gasteiger partial charge is 0.261 e. The molecule has 4 rings (SSSR count). The van der Waals surface area contributed by atoms with Gasteiger partial charge in [-0.15, -0.1) is 0 Å². The van der Waals surface area contributed by atoms with Crippen LogP contribution in [0.4, 0.5) is 13.2 Å². The molecule has 0 heterocycles. The average molecular weight is 288 g/mol. The third kappa shape index (κ3) is 1.50. The SMILES string of the molecule is CC12CC3(C(=O)F)CC(C(=O)F)(C1)CC(C(=O)F)(C2)C3. The molecule has 0 saturated heterocycles. The van der Waals surface area contributed by atoms with E-state index < -0.39 is 39.8 Å². The zero-order valence-corrected chi connectivity index (χ0v) is 11.1. The maximum atomic E-state index is 13.6. The summed E-state index contributed by atoms with van der Waals surface area (Å²) in [6.45, 7) is 1.68. The molecular formula is C14H15F3O3. The first-order chi connectivity index (χ1) is 9.07. The molecule has 0 atom stereocenters. The van der Waals surface area contributed by atoms with Gasteiger partial charge in [-0.2, -0.15) is 13.2 Å². The molecule has 0 aromatic heterocycles. The molecule has 4 saturated carbocycles. The maximum absolute atomic E-state index is 13.6. The average Bonchev–Trinajstić information content (AvgIpc) is 2.24. The van der Waals surface area contributed by atoms with Crippen molar-refractivity contribution in [3.05, 3.63) is 0 Å². The third-order valence-corrected chi connectivity index (χ3v) is 5.58. The minimum absolute atomic E-state index is 0.152. The van der Waals surface area contributed by atoms with Gasteiger partial charge in [-0.05, 0) is 43.9 Å². The topological polar surface area (TPSA) is 51.2 Å². The van der Waals surface area contributed by atoms with Gasteiger partial charge in [0, 0.05) is 0 Å². The molecule has 4 fully saturated rings. The molecule has 20 heavy (non-hydrogen) atoms. The van der Waals surface area contributed by atoms with Gasteiger partial charge in [0.1, 0.15) is 0 Å². The van der Waals surface area contributed by atoms with E-state index in [4.69, 9.17) is 0 Å². The predicted molar refractivity (Wildman–Crippen MR) is 61.5 cm³/mol. The fourth-order valence-electron chi connectivity index (χ4n) is 5.77. The van der Waals surface area contributed by atoms with Crippen LogP contribution in [0.2, 0.25) is 0 Å². The number of rotatable bonds is 3. The lowest BCUT2D eigenvalue weighted by Crippen LogP contribution is -2.65. The van der Waals surface area contributed by atoms with Crippen LogP contribution in [0, 0.1) is 21.7 Å². The zero-order chi connectivity index (χ0) is 15.0. The second-order valence-electron chi connectivity index (χ2n) is 7.53. The summed E-state index contributed by atoms with van der Waals surface area (Å²) in [4.78, 5) is 34.3. The number of carbonyl (C=O) groups is 3. The van der Waals surface area contributed by atoms with Crippen LogP contribution < -0.4 is 0 Å². The van der Waals surface area contributed by atoms with E-state index in [0.717, 1.165) is 0 Å². The van der Waals surface area contributed by atoms with Gasteiger partial charge in [0.15, 0.2) is 0 Å². The van der Waals surface area contributed by atoms with Crippen molar-refractivity contribution in [1.29, 1.82) is 0 Å². The van der Waals surface area contributed by atoms with Crippen molar-refractivity contribution >= 4 is 18.1 Å². The number of hydrogen-bond donors (Lipinski definition) is 0. The molecule has 4 aliphatic rings. The summed E-state index contributed by atoms with van der Waals surface area (Å²) in [6.07, 6.45) is -0.266. The van der Waals surface area contributed by atoms with Gasteiger partial charge in [0.25, 0.3) is 0 Å². The first kappa shape index (κ1) is 13.8. The Hall–Kier alpha value is -1.20. The van der Waals surface area contributed by atoms with E-state index in [1.54, 1.807) is 6.92 Å². The lowest BCUT2D eigenvalue weighted by atomic mass is 9.36. The van der Waals surface area contributed by atoms with Crippen molar-refractivity contribution in [3.8, 4) is 0 Å². The van der Waals surface area contributed by atoms with E-state index in [1.165, 1.54) is 0 Å². The Labute approximate surface area is 113 Å². The number of carbonyl (C=O) groups excluding carboxylic acids is 3. The second kappa shape index (κ2) is 3.52. The second-order valence-corrected chi connectivity index (χ2v) is 7.53. The molecule has 4 bridgehead atoms. The minimum atomic E-state index is -1.65. The number of hydrogen-bond acceptors (Lipinski definition) is 3. The highest BCUT2D eigenvalue weighted by atomic mass is 19.1. The first-order valence-electron chi connectivity index (χ1n) is 6.67. The van der Waals surface area contributed by atoms with E-state index in [0.29, 0.717) is 0 Å². The summed E-state index contributed by atoms with van der Waals surface area (Å²) in [7, 11) is 0. The Morgan fingerprint density at radius 3 is 1.10 bits per heavy atom. The third-order valence-electron chi connectivity index (χ3n) is 5.58. The van der Waals surface area contributed by atoms with Crippen molar-refractivity contribution in [1.82, 2.24) is 0 Å². The van der Waals surface area contributed by atoms with E-state index in [9.17, 15) is 27.6 Å². The van der Waals surface area contributed by atoms with Gasteiger partial charge in [-0.3, -0.25) is 14.4 Å². The Morgan fingerprint density at radius 2 is 0.900 bits per heavy atom. The molecule has 110 valence electrons. The van der Waals surface area contributed by atoms with Crippen LogP contribution in [0.5, 0.6) is 0 Å². The summed E-state index contributed by atoms with van der Waals surface area (Å²) in [5, 5.41) is 0. The zero-order valence-electron chi connectivity index (χ0n) is 11.1. The Balaban J connectivity index is 2.20. The molecule has 3 nitrogen and oxygen atoms in total. The van der Waals surface area contributed by atoms with Gasteiger partial charge in [-0.1, -0.05) is 6.92 Å². The summed E-state index contributed by atoms with van der Waals surface area (Å²) < 4.78 is 40.7. The van der Waals surface area contributed by atoms with Gasteiger partial charge in [0.2, 0.25) is 0 Å². The van der Waals surface area contributed by atoms with Crippen LogP contribution >= 0.6 is 0 Å². The van der Waals surface area contributed by atoms with Crippen molar-refractivity contribution in [2.45, 2.75) is 45.4 Å². The van der Waals surface area contributed by atoms with Crippen molar-refractivity contribution in [2.75, 3.05) is 0 Å². The molecule has 0 radical (unpaired) electrons. The molecule has 6 heteroatoms. The molecule has 4 aliphatic carbocycles. The quantitative estimate of drug-likeness (QED) is 0.750. The van der Waals surface area contributed by atoms with Crippen LogP contribution in [-0.2, 0) is 14.4 Å². The van der Waals surface area contributed by atoms with Crippen LogP contribution in [0.1, 0.15) is 45.4 Å². The summed E-state index contributed by atoms with van der Waals surface area (Å²) in [5.41, 5.74) is -5.48. The molecule has 0 spiro atoms.